The summed E-state index contributed by atoms with van der Waals surface area (Å²) >= 11 is 7.97. The van der Waals surface area contributed by atoms with Gasteiger partial charge in [-0.2, -0.15) is 22.8 Å². The number of rotatable bonds is 5. The maximum atomic E-state index is 12.7. The van der Waals surface area contributed by atoms with Gasteiger partial charge in [0.15, 0.2) is 0 Å². The van der Waals surface area contributed by atoms with Crippen molar-refractivity contribution in [1.29, 1.82) is 5.26 Å². The fourth-order valence-corrected chi connectivity index (χ4v) is 4.01. The SMILES string of the molecule is N#Cc1c(Sc2ncc(C(F)(F)F)cc2Cl)nsc1C=CNc1ccccc1. The van der Waals surface area contributed by atoms with Crippen LogP contribution in [0.25, 0.3) is 6.08 Å². The number of anilines is 1. The summed E-state index contributed by atoms with van der Waals surface area (Å²) in [4.78, 5) is 4.37. The number of nitrogens with one attached hydrogen (secondary N) is 1. The zero-order valence-electron chi connectivity index (χ0n) is 13.9. The second-order valence-electron chi connectivity index (χ2n) is 5.29. The van der Waals surface area contributed by atoms with E-state index in [9.17, 15) is 18.4 Å². The van der Waals surface area contributed by atoms with Crippen molar-refractivity contribution in [2.75, 3.05) is 5.32 Å². The van der Waals surface area contributed by atoms with Crippen LogP contribution in [0.1, 0.15) is 16.0 Å². The smallest absolute Gasteiger partial charge is 0.362 e. The molecule has 3 rings (SSSR count). The van der Waals surface area contributed by atoms with Crippen LogP contribution in [0.4, 0.5) is 18.9 Å². The third-order valence-corrected chi connectivity index (χ3v) is 5.72. The molecule has 2 aromatic heterocycles. The van der Waals surface area contributed by atoms with Gasteiger partial charge in [0.2, 0.25) is 0 Å². The van der Waals surface area contributed by atoms with Crippen LogP contribution >= 0.6 is 34.9 Å². The summed E-state index contributed by atoms with van der Waals surface area (Å²) in [6.45, 7) is 0. The monoisotopic (exact) mass is 438 g/mol. The Morgan fingerprint density at radius 3 is 2.61 bits per heavy atom. The number of pyridine rings is 1. The molecule has 3 aromatic rings. The van der Waals surface area contributed by atoms with E-state index in [4.69, 9.17) is 11.6 Å². The minimum Gasteiger partial charge on any atom is -0.362 e. The van der Waals surface area contributed by atoms with Gasteiger partial charge in [-0.05, 0) is 47.6 Å². The third kappa shape index (κ3) is 4.84. The van der Waals surface area contributed by atoms with Gasteiger partial charge in [0.05, 0.1) is 15.5 Å². The van der Waals surface area contributed by atoms with E-state index in [0.717, 1.165) is 35.0 Å². The van der Waals surface area contributed by atoms with Gasteiger partial charge in [-0.25, -0.2) is 4.98 Å². The molecule has 0 amide bonds. The van der Waals surface area contributed by atoms with Gasteiger partial charge < -0.3 is 5.32 Å². The van der Waals surface area contributed by atoms with E-state index < -0.39 is 11.7 Å². The molecule has 0 aliphatic heterocycles. The Kier molecular flexibility index (Phi) is 6.24. The summed E-state index contributed by atoms with van der Waals surface area (Å²) < 4.78 is 42.4. The molecular formula is C18H10ClF3N4S2. The van der Waals surface area contributed by atoms with Gasteiger partial charge in [0.25, 0.3) is 0 Å². The van der Waals surface area contributed by atoms with Crippen molar-refractivity contribution in [3.8, 4) is 6.07 Å². The second kappa shape index (κ2) is 8.65. The molecule has 0 fully saturated rings. The maximum absolute atomic E-state index is 12.7. The molecule has 1 N–H and O–H groups in total. The van der Waals surface area contributed by atoms with Crippen molar-refractivity contribution < 1.29 is 13.2 Å². The Morgan fingerprint density at radius 2 is 1.96 bits per heavy atom. The van der Waals surface area contributed by atoms with E-state index in [1.807, 2.05) is 30.3 Å². The summed E-state index contributed by atoms with van der Waals surface area (Å²) in [7, 11) is 0. The molecule has 28 heavy (non-hydrogen) atoms. The molecule has 0 saturated carbocycles. The van der Waals surface area contributed by atoms with Gasteiger partial charge >= 0.3 is 6.18 Å². The number of para-hydroxylation sites is 1. The highest BCUT2D eigenvalue weighted by molar-refractivity contribution is 7.99. The average Bonchev–Trinajstić information content (AvgIpc) is 3.05. The average molecular weight is 439 g/mol. The lowest BCUT2D eigenvalue weighted by Crippen LogP contribution is -2.05. The van der Waals surface area contributed by atoms with Crippen molar-refractivity contribution in [2.45, 2.75) is 16.2 Å². The highest BCUT2D eigenvalue weighted by Gasteiger charge is 2.31. The predicted octanol–water partition coefficient (Wildman–Crippen LogP) is 6.32. The van der Waals surface area contributed by atoms with Crippen LogP contribution in [0.5, 0.6) is 0 Å². The molecule has 1 aromatic carbocycles. The highest BCUT2D eigenvalue weighted by Crippen LogP contribution is 2.38. The standard InChI is InChI=1S/C18H10ClF3N4S2/c19-14-8-11(18(20,21)22)10-25-17(14)27-16-13(9-23)15(28-26-16)6-7-24-12-4-2-1-3-5-12/h1-8,10,24H. The summed E-state index contributed by atoms with van der Waals surface area (Å²) in [5.41, 5.74) is 0.257. The minimum atomic E-state index is -4.53. The number of halogens is 4. The second-order valence-corrected chi connectivity index (χ2v) is 7.48. The Morgan fingerprint density at radius 1 is 1.21 bits per heavy atom. The molecule has 0 unspecified atom stereocenters. The lowest BCUT2D eigenvalue weighted by Gasteiger charge is -2.08. The zero-order chi connectivity index (χ0) is 20.1. The van der Waals surface area contributed by atoms with Crippen LogP contribution in [-0.2, 0) is 6.18 Å². The number of hydrogen-bond donors (Lipinski definition) is 1. The molecule has 0 bridgehead atoms. The van der Waals surface area contributed by atoms with Gasteiger partial charge in [0, 0.05) is 18.1 Å². The minimum absolute atomic E-state index is 0.148. The number of nitrogens with zero attached hydrogens (tertiary/aromatic N) is 3. The quantitative estimate of drug-likeness (QED) is 0.505. The fourth-order valence-electron chi connectivity index (χ4n) is 2.07. The van der Waals surface area contributed by atoms with Crippen molar-refractivity contribution >= 4 is 46.7 Å². The molecule has 10 heteroatoms. The summed E-state index contributed by atoms with van der Waals surface area (Å²) in [5.74, 6) is 0. The first kappa shape index (κ1) is 20.2. The maximum Gasteiger partial charge on any atom is 0.417 e. The van der Waals surface area contributed by atoms with Crippen LogP contribution in [-0.4, -0.2) is 9.36 Å². The van der Waals surface area contributed by atoms with E-state index in [1.165, 1.54) is 0 Å². The molecule has 0 spiro atoms. The lowest BCUT2D eigenvalue weighted by molar-refractivity contribution is -0.137. The van der Waals surface area contributed by atoms with Crippen molar-refractivity contribution in [1.82, 2.24) is 9.36 Å². The van der Waals surface area contributed by atoms with Crippen molar-refractivity contribution in [3.63, 3.8) is 0 Å². The van der Waals surface area contributed by atoms with Crippen LogP contribution in [0.2, 0.25) is 5.02 Å². The number of benzene rings is 1. The topological polar surface area (TPSA) is 61.6 Å². The highest BCUT2D eigenvalue weighted by atomic mass is 35.5. The fraction of sp³-hybridized carbons (Fsp3) is 0.0556. The van der Waals surface area contributed by atoms with E-state index in [2.05, 4.69) is 20.7 Å². The largest absolute Gasteiger partial charge is 0.417 e. The van der Waals surface area contributed by atoms with Crippen LogP contribution in [0, 0.1) is 11.3 Å². The number of hydrogen-bond acceptors (Lipinski definition) is 6. The number of nitriles is 1. The van der Waals surface area contributed by atoms with Crippen molar-refractivity contribution in [3.05, 3.63) is 69.8 Å². The molecule has 142 valence electrons. The number of alkyl halides is 3. The van der Waals surface area contributed by atoms with Crippen LogP contribution in [0.15, 0.2) is 58.8 Å². The number of aromatic nitrogens is 2. The van der Waals surface area contributed by atoms with Crippen LogP contribution < -0.4 is 5.32 Å². The van der Waals surface area contributed by atoms with Gasteiger partial charge in [-0.3, -0.25) is 0 Å². The molecule has 0 atom stereocenters. The third-order valence-electron chi connectivity index (χ3n) is 3.39. The summed E-state index contributed by atoms with van der Waals surface area (Å²) in [5, 5.41) is 12.9. The Bertz CT molecular complexity index is 1040. The van der Waals surface area contributed by atoms with Gasteiger partial charge in [0.1, 0.15) is 21.7 Å². The normalized spacial score (nSPS) is 11.5. The molecule has 0 radical (unpaired) electrons. The Balaban J connectivity index is 1.78. The summed E-state index contributed by atoms with van der Waals surface area (Å²) in [6.07, 6.45) is -0.435. The first-order valence-electron chi connectivity index (χ1n) is 7.67. The van der Waals surface area contributed by atoms with E-state index >= 15 is 0 Å². The zero-order valence-corrected chi connectivity index (χ0v) is 16.3. The molecule has 0 aliphatic carbocycles. The molecular weight excluding hydrogens is 429 g/mol. The first-order chi connectivity index (χ1) is 13.4. The van der Waals surface area contributed by atoms with E-state index in [0.29, 0.717) is 21.7 Å². The molecule has 0 aliphatic rings. The van der Waals surface area contributed by atoms with E-state index in [1.54, 1.807) is 12.3 Å². The molecule has 4 nitrogen and oxygen atoms in total. The summed E-state index contributed by atoms with van der Waals surface area (Å²) in [6, 6.07) is 12.3. The molecule has 0 saturated heterocycles. The van der Waals surface area contributed by atoms with Crippen molar-refractivity contribution in [2.24, 2.45) is 0 Å². The predicted molar refractivity (Wildman–Crippen MR) is 104 cm³/mol. The van der Waals surface area contributed by atoms with Gasteiger partial charge in [-0.15, -0.1) is 0 Å². The van der Waals surface area contributed by atoms with Crippen LogP contribution in [0.3, 0.4) is 0 Å². The molecule has 2 heterocycles. The van der Waals surface area contributed by atoms with Gasteiger partial charge in [-0.1, -0.05) is 29.8 Å². The van der Waals surface area contributed by atoms with E-state index in [-0.39, 0.29) is 10.0 Å². The lowest BCUT2D eigenvalue weighted by atomic mass is 10.3. The first-order valence-corrected chi connectivity index (χ1v) is 9.64. The Hall–Kier alpha value is -2.54. The Labute approximate surface area is 171 Å².